The number of hydrogen-bond donors (Lipinski definition) is 2. The first-order chi connectivity index (χ1) is 8.96. The van der Waals surface area contributed by atoms with E-state index in [1.165, 1.54) is 4.31 Å². The largest absolute Gasteiger partial charge is 0.452 e. The smallest absolute Gasteiger partial charge is 0.421 e. The van der Waals surface area contributed by atoms with Gasteiger partial charge in [-0.05, 0) is 25.7 Å². The first-order valence-electron chi connectivity index (χ1n) is 6.59. The molecule has 0 aromatic heterocycles. The van der Waals surface area contributed by atoms with Gasteiger partial charge in [-0.1, -0.05) is 6.92 Å². The minimum Gasteiger partial charge on any atom is -0.452 e. The number of carbonyl (C=O) groups is 1. The summed E-state index contributed by atoms with van der Waals surface area (Å²) in [5.41, 5.74) is 0. The average molecular weight is 291 g/mol. The number of piperidine rings is 1. The Morgan fingerprint density at radius 1 is 1.37 bits per heavy atom. The van der Waals surface area contributed by atoms with Crippen molar-refractivity contribution < 1.29 is 17.9 Å². The van der Waals surface area contributed by atoms with Gasteiger partial charge in [-0.3, -0.25) is 0 Å². The minimum absolute atomic E-state index is 0.0501. The molecule has 110 valence electrons. The van der Waals surface area contributed by atoms with Crippen LogP contribution in [0.15, 0.2) is 0 Å². The molecule has 0 saturated carbocycles. The third-order valence-corrected chi connectivity index (χ3v) is 5.47. The fourth-order valence-electron chi connectivity index (χ4n) is 3.09. The molecule has 2 aliphatic rings. The lowest BCUT2D eigenvalue weighted by Gasteiger charge is -2.36. The highest BCUT2D eigenvalue weighted by Gasteiger charge is 2.39. The average Bonchev–Trinajstić information content (AvgIpc) is 2.68. The van der Waals surface area contributed by atoms with Gasteiger partial charge in [-0.2, -0.15) is 12.7 Å². The number of nitrogens with one attached hydrogen (secondary N) is 2. The fourth-order valence-corrected chi connectivity index (χ4v) is 4.41. The lowest BCUT2D eigenvalue weighted by atomic mass is 10.00. The van der Waals surface area contributed by atoms with Crippen molar-refractivity contribution in [2.24, 2.45) is 0 Å². The third kappa shape index (κ3) is 3.18. The van der Waals surface area contributed by atoms with Crippen LogP contribution in [0.3, 0.4) is 0 Å². The van der Waals surface area contributed by atoms with E-state index in [2.05, 4.69) is 10.1 Å². The summed E-state index contributed by atoms with van der Waals surface area (Å²) in [5.74, 6) is 0. The maximum absolute atomic E-state index is 12.2. The van der Waals surface area contributed by atoms with Crippen molar-refractivity contribution in [2.45, 2.75) is 50.7 Å². The van der Waals surface area contributed by atoms with Gasteiger partial charge in [0.15, 0.2) is 0 Å². The molecule has 2 atom stereocenters. The monoisotopic (exact) mass is 291 g/mol. The lowest BCUT2D eigenvalue weighted by molar-refractivity contribution is 0.175. The molecule has 1 amide bonds. The maximum Gasteiger partial charge on any atom is 0.421 e. The van der Waals surface area contributed by atoms with E-state index in [9.17, 15) is 13.2 Å². The topological polar surface area (TPSA) is 87.7 Å². The van der Waals surface area contributed by atoms with E-state index in [4.69, 9.17) is 0 Å². The highest BCUT2D eigenvalue weighted by Crippen LogP contribution is 2.30. The van der Waals surface area contributed by atoms with Crippen molar-refractivity contribution >= 4 is 16.3 Å². The van der Waals surface area contributed by atoms with Crippen molar-refractivity contribution in [1.29, 1.82) is 0 Å². The Morgan fingerprint density at radius 3 is 2.42 bits per heavy atom. The summed E-state index contributed by atoms with van der Waals surface area (Å²) >= 11 is 0. The highest BCUT2D eigenvalue weighted by atomic mass is 32.2. The van der Waals surface area contributed by atoms with Gasteiger partial charge < -0.3 is 10.1 Å². The van der Waals surface area contributed by atoms with Gasteiger partial charge in [0.1, 0.15) is 0 Å². The van der Waals surface area contributed by atoms with Gasteiger partial charge >= 0.3 is 16.3 Å². The molecule has 2 rings (SSSR count). The number of hydrogen-bond acceptors (Lipinski definition) is 5. The van der Waals surface area contributed by atoms with Crippen LogP contribution in [0.25, 0.3) is 0 Å². The van der Waals surface area contributed by atoms with Crippen molar-refractivity contribution in [2.75, 3.05) is 13.7 Å². The SMILES string of the molecule is CCN(C1CC2CCC(C1)N2)S(=O)(=O)NC(=O)OC. The molecule has 0 aromatic rings. The summed E-state index contributed by atoms with van der Waals surface area (Å²) in [6.45, 7) is 2.12. The van der Waals surface area contributed by atoms with Crippen LogP contribution in [0.2, 0.25) is 0 Å². The highest BCUT2D eigenvalue weighted by molar-refractivity contribution is 7.87. The Bertz CT molecular complexity index is 427. The summed E-state index contributed by atoms with van der Waals surface area (Å²) in [6, 6.07) is 0.739. The molecular formula is C11H21N3O4S. The van der Waals surface area contributed by atoms with Gasteiger partial charge in [0.25, 0.3) is 0 Å². The van der Waals surface area contributed by atoms with E-state index in [1.807, 2.05) is 4.72 Å². The molecule has 7 nitrogen and oxygen atoms in total. The van der Waals surface area contributed by atoms with E-state index >= 15 is 0 Å². The normalized spacial score (nSPS) is 30.4. The van der Waals surface area contributed by atoms with Crippen LogP contribution >= 0.6 is 0 Å². The second-order valence-electron chi connectivity index (χ2n) is 5.07. The van der Waals surface area contributed by atoms with Crippen LogP contribution in [0.4, 0.5) is 4.79 Å². The number of ether oxygens (including phenoxy) is 1. The summed E-state index contributed by atoms with van der Waals surface area (Å²) in [7, 11) is -2.68. The third-order valence-electron chi connectivity index (χ3n) is 3.87. The predicted molar refractivity (Wildman–Crippen MR) is 69.8 cm³/mol. The summed E-state index contributed by atoms with van der Waals surface area (Å²) in [6.07, 6.45) is 2.85. The molecule has 2 bridgehead atoms. The first kappa shape index (κ1) is 14.5. The van der Waals surface area contributed by atoms with Gasteiger partial charge in [0.2, 0.25) is 0 Å². The van der Waals surface area contributed by atoms with E-state index in [0.29, 0.717) is 18.6 Å². The second kappa shape index (κ2) is 5.64. The predicted octanol–water partition coefficient (Wildman–Crippen LogP) is 0.192. The molecular weight excluding hydrogens is 270 g/mol. The number of carbonyl (C=O) groups excluding carboxylic acids is 1. The van der Waals surface area contributed by atoms with Crippen LogP contribution in [-0.4, -0.2) is 50.6 Å². The minimum atomic E-state index is -3.82. The number of amides is 1. The number of nitrogens with zero attached hydrogens (tertiary/aromatic N) is 1. The zero-order chi connectivity index (χ0) is 14.0. The number of rotatable bonds is 4. The second-order valence-corrected chi connectivity index (χ2v) is 6.69. The molecule has 8 heteroatoms. The molecule has 2 saturated heterocycles. The van der Waals surface area contributed by atoms with E-state index in [0.717, 1.165) is 32.8 Å². The Labute approximate surface area is 113 Å². The van der Waals surface area contributed by atoms with Crippen molar-refractivity contribution in [3.05, 3.63) is 0 Å². The summed E-state index contributed by atoms with van der Waals surface area (Å²) < 4.78 is 32.0. The molecule has 2 fully saturated rings. The summed E-state index contributed by atoms with van der Waals surface area (Å²) in [4.78, 5) is 11.1. The van der Waals surface area contributed by atoms with E-state index in [1.54, 1.807) is 6.92 Å². The van der Waals surface area contributed by atoms with Crippen molar-refractivity contribution in [3.8, 4) is 0 Å². The molecule has 0 spiro atoms. The first-order valence-corrected chi connectivity index (χ1v) is 8.03. The fraction of sp³-hybridized carbons (Fsp3) is 0.909. The number of methoxy groups -OCH3 is 1. The van der Waals surface area contributed by atoms with Gasteiger partial charge in [0, 0.05) is 24.7 Å². The zero-order valence-corrected chi connectivity index (χ0v) is 12.1. The molecule has 0 radical (unpaired) electrons. The van der Waals surface area contributed by atoms with E-state index in [-0.39, 0.29) is 6.04 Å². The van der Waals surface area contributed by atoms with Crippen molar-refractivity contribution in [1.82, 2.24) is 14.3 Å². The Balaban J connectivity index is 2.09. The Morgan fingerprint density at radius 2 is 1.95 bits per heavy atom. The molecule has 2 unspecified atom stereocenters. The Hall–Kier alpha value is -0.860. The maximum atomic E-state index is 12.2. The van der Waals surface area contributed by atoms with Crippen LogP contribution in [0.5, 0.6) is 0 Å². The van der Waals surface area contributed by atoms with Crippen LogP contribution in [-0.2, 0) is 14.9 Å². The number of fused-ring (bicyclic) bond motifs is 2. The van der Waals surface area contributed by atoms with Crippen molar-refractivity contribution in [3.63, 3.8) is 0 Å². The Kier molecular flexibility index (Phi) is 4.32. The van der Waals surface area contributed by atoms with Crippen LogP contribution in [0, 0.1) is 0 Å². The lowest BCUT2D eigenvalue weighted by Crippen LogP contribution is -2.53. The quantitative estimate of drug-likeness (QED) is 0.772. The zero-order valence-electron chi connectivity index (χ0n) is 11.3. The van der Waals surface area contributed by atoms with Crippen LogP contribution < -0.4 is 10.0 Å². The molecule has 2 heterocycles. The molecule has 0 aliphatic carbocycles. The molecule has 19 heavy (non-hydrogen) atoms. The molecule has 2 N–H and O–H groups in total. The van der Waals surface area contributed by atoms with Gasteiger partial charge in [0.05, 0.1) is 7.11 Å². The standard InChI is InChI=1S/C11H21N3O4S/c1-3-14(19(16,17)13-11(15)18-2)10-6-8-4-5-9(7-10)12-8/h8-10,12H,3-7H2,1-2H3,(H,13,15). The molecule has 2 aliphatic heterocycles. The van der Waals surface area contributed by atoms with Gasteiger partial charge in [-0.15, -0.1) is 0 Å². The summed E-state index contributed by atoms with van der Waals surface area (Å²) in [5, 5.41) is 3.47. The van der Waals surface area contributed by atoms with Gasteiger partial charge in [-0.25, -0.2) is 9.52 Å². The van der Waals surface area contributed by atoms with Crippen LogP contribution in [0.1, 0.15) is 32.6 Å². The van der Waals surface area contributed by atoms with E-state index < -0.39 is 16.3 Å². The molecule has 0 aromatic carbocycles.